The molecule has 1 aromatic heterocycles. The first-order valence-corrected chi connectivity index (χ1v) is 11.3. The van der Waals surface area contributed by atoms with Crippen molar-refractivity contribution in [1.29, 1.82) is 0 Å². The molecule has 29 heavy (non-hydrogen) atoms. The third-order valence-corrected chi connectivity index (χ3v) is 6.78. The van der Waals surface area contributed by atoms with Crippen LogP contribution in [-0.2, 0) is 26.0 Å². The standard InChI is InChI=1S/C18H22FN3O5S2/c1-4-22(5-2)29(25,26)13-7-8-15(19)14(10-13)17(24)21-18-20-12(11-28-18)9-16(23)27-6-3/h7-8,10-11H,4-6,9H2,1-3H3,(H,20,21,24). The minimum absolute atomic E-state index is 0.0494. The van der Waals surface area contributed by atoms with Gasteiger partial charge in [0, 0.05) is 18.5 Å². The van der Waals surface area contributed by atoms with E-state index in [4.69, 9.17) is 4.74 Å². The Labute approximate surface area is 172 Å². The average Bonchev–Trinajstić information content (AvgIpc) is 3.09. The molecule has 1 aromatic carbocycles. The van der Waals surface area contributed by atoms with Gasteiger partial charge in [0.15, 0.2) is 5.13 Å². The fourth-order valence-corrected chi connectivity index (χ4v) is 4.71. The van der Waals surface area contributed by atoms with Crippen molar-refractivity contribution in [3.63, 3.8) is 0 Å². The first kappa shape index (κ1) is 22.9. The van der Waals surface area contributed by atoms with Crippen molar-refractivity contribution in [3.05, 3.63) is 40.7 Å². The first-order valence-electron chi connectivity index (χ1n) is 8.93. The van der Waals surface area contributed by atoms with Gasteiger partial charge in [-0.2, -0.15) is 4.31 Å². The second kappa shape index (κ2) is 9.90. The van der Waals surface area contributed by atoms with E-state index < -0.39 is 33.3 Å². The molecule has 0 saturated carbocycles. The molecule has 2 aromatic rings. The van der Waals surface area contributed by atoms with Crippen molar-refractivity contribution in [2.75, 3.05) is 25.0 Å². The van der Waals surface area contributed by atoms with Crippen LogP contribution in [0.5, 0.6) is 0 Å². The molecular formula is C18H22FN3O5S2. The molecule has 0 aliphatic heterocycles. The van der Waals surface area contributed by atoms with Crippen LogP contribution < -0.4 is 5.32 Å². The van der Waals surface area contributed by atoms with Crippen LogP contribution in [0.3, 0.4) is 0 Å². The zero-order chi connectivity index (χ0) is 21.6. The number of aromatic nitrogens is 1. The van der Waals surface area contributed by atoms with E-state index in [1.54, 1.807) is 26.2 Å². The van der Waals surface area contributed by atoms with Gasteiger partial charge in [0.25, 0.3) is 5.91 Å². The lowest BCUT2D eigenvalue weighted by atomic mass is 10.2. The van der Waals surface area contributed by atoms with Gasteiger partial charge in [0.05, 0.1) is 29.2 Å². The molecule has 0 aliphatic rings. The van der Waals surface area contributed by atoms with Crippen LogP contribution in [0.2, 0.25) is 0 Å². The number of rotatable bonds is 9. The number of nitrogens with one attached hydrogen (secondary N) is 1. The highest BCUT2D eigenvalue weighted by molar-refractivity contribution is 7.89. The smallest absolute Gasteiger partial charge is 0.311 e. The van der Waals surface area contributed by atoms with Gasteiger partial charge in [-0.1, -0.05) is 13.8 Å². The number of sulfonamides is 1. The first-order chi connectivity index (χ1) is 13.7. The minimum Gasteiger partial charge on any atom is -0.466 e. The Balaban J connectivity index is 2.21. The second-order valence-corrected chi connectivity index (χ2v) is 8.61. The molecule has 0 saturated heterocycles. The number of anilines is 1. The zero-order valence-electron chi connectivity index (χ0n) is 16.3. The highest BCUT2D eigenvalue weighted by Crippen LogP contribution is 2.22. The van der Waals surface area contributed by atoms with E-state index in [1.807, 2.05) is 0 Å². The van der Waals surface area contributed by atoms with E-state index in [1.165, 1.54) is 4.31 Å². The number of thiazole rings is 1. The van der Waals surface area contributed by atoms with Crippen LogP contribution in [0.4, 0.5) is 9.52 Å². The highest BCUT2D eigenvalue weighted by atomic mass is 32.2. The molecule has 0 atom stereocenters. The summed E-state index contributed by atoms with van der Waals surface area (Å²) in [6.07, 6.45) is -0.0494. The molecule has 2 rings (SSSR count). The topological polar surface area (TPSA) is 106 Å². The molecule has 1 heterocycles. The monoisotopic (exact) mass is 443 g/mol. The fourth-order valence-electron chi connectivity index (χ4n) is 2.52. The van der Waals surface area contributed by atoms with Crippen LogP contribution in [0.25, 0.3) is 0 Å². The molecule has 0 unspecified atom stereocenters. The van der Waals surface area contributed by atoms with Gasteiger partial charge in [0.2, 0.25) is 10.0 Å². The summed E-state index contributed by atoms with van der Waals surface area (Å²) in [6, 6.07) is 3.07. The summed E-state index contributed by atoms with van der Waals surface area (Å²) in [4.78, 5) is 27.9. The molecule has 0 aliphatic carbocycles. The number of benzene rings is 1. The van der Waals surface area contributed by atoms with E-state index >= 15 is 0 Å². The molecule has 8 nitrogen and oxygen atoms in total. The third kappa shape index (κ3) is 5.58. The van der Waals surface area contributed by atoms with Crippen LogP contribution in [0, 0.1) is 5.82 Å². The summed E-state index contributed by atoms with van der Waals surface area (Å²) in [6.45, 7) is 5.82. The quantitative estimate of drug-likeness (QED) is 0.598. The number of ether oxygens (including phenoxy) is 1. The number of carbonyl (C=O) groups excluding carboxylic acids is 2. The average molecular weight is 444 g/mol. The minimum atomic E-state index is -3.84. The molecule has 0 radical (unpaired) electrons. The van der Waals surface area contributed by atoms with Gasteiger partial charge in [0.1, 0.15) is 5.82 Å². The number of amides is 1. The lowest BCUT2D eigenvalue weighted by Crippen LogP contribution is -2.31. The van der Waals surface area contributed by atoms with E-state index in [-0.39, 0.29) is 36.1 Å². The molecular weight excluding hydrogens is 421 g/mol. The van der Waals surface area contributed by atoms with E-state index in [0.29, 0.717) is 5.69 Å². The Kier molecular flexibility index (Phi) is 7.82. The van der Waals surface area contributed by atoms with Gasteiger partial charge in [-0.15, -0.1) is 11.3 Å². The Hall–Kier alpha value is -2.37. The number of esters is 1. The lowest BCUT2D eigenvalue weighted by molar-refractivity contribution is -0.142. The SMILES string of the molecule is CCOC(=O)Cc1csc(NC(=O)c2cc(S(=O)(=O)N(CC)CC)ccc2F)n1. The van der Waals surface area contributed by atoms with Gasteiger partial charge < -0.3 is 4.74 Å². The number of nitrogens with zero attached hydrogens (tertiary/aromatic N) is 2. The molecule has 0 bridgehead atoms. The normalized spacial score (nSPS) is 11.5. The molecule has 0 spiro atoms. The van der Waals surface area contributed by atoms with Crippen LogP contribution in [0.1, 0.15) is 36.8 Å². The predicted octanol–water partition coefficient (Wildman–Crippen LogP) is 2.67. The van der Waals surface area contributed by atoms with Gasteiger partial charge in [-0.3, -0.25) is 14.9 Å². The van der Waals surface area contributed by atoms with Crippen molar-refractivity contribution in [2.45, 2.75) is 32.1 Å². The maximum absolute atomic E-state index is 14.2. The number of carbonyl (C=O) groups is 2. The molecule has 1 N–H and O–H groups in total. The summed E-state index contributed by atoms with van der Waals surface area (Å²) in [5.74, 6) is -2.14. The maximum atomic E-state index is 14.2. The zero-order valence-corrected chi connectivity index (χ0v) is 17.9. The van der Waals surface area contributed by atoms with Crippen molar-refractivity contribution < 1.29 is 27.1 Å². The Bertz CT molecular complexity index is 987. The van der Waals surface area contributed by atoms with Crippen molar-refractivity contribution in [3.8, 4) is 0 Å². The number of hydrogen-bond acceptors (Lipinski definition) is 7. The van der Waals surface area contributed by atoms with Crippen LogP contribution in [0.15, 0.2) is 28.5 Å². The van der Waals surface area contributed by atoms with Crippen molar-refractivity contribution in [2.24, 2.45) is 0 Å². The number of hydrogen-bond donors (Lipinski definition) is 1. The third-order valence-electron chi connectivity index (χ3n) is 3.93. The molecule has 1 amide bonds. The maximum Gasteiger partial charge on any atom is 0.311 e. The number of halogens is 1. The highest BCUT2D eigenvalue weighted by Gasteiger charge is 2.24. The Morgan fingerprint density at radius 1 is 1.24 bits per heavy atom. The van der Waals surface area contributed by atoms with Gasteiger partial charge in [-0.05, 0) is 25.1 Å². The van der Waals surface area contributed by atoms with Gasteiger partial charge in [-0.25, -0.2) is 17.8 Å². The lowest BCUT2D eigenvalue weighted by Gasteiger charge is -2.18. The van der Waals surface area contributed by atoms with E-state index in [2.05, 4.69) is 10.3 Å². The second-order valence-electron chi connectivity index (χ2n) is 5.81. The summed E-state index contributed by atoms with van der Waals surface area (Å²) in [5, 5.41) is 4.16. The van der Waals surface area contributed by atoms with E-state index in [0.717, 1.165) is 29.5 Å². The predicted molar refractivity (Wildman–Crippen MR) is 107 cm³/mol. The van der Waals surface area contributed by atoms with Gasteiger partial charge >= 0.3 is 5.97 Å². The van der Waals surface area contributed by atoms with Crippen molar-refractivity contribution >= 4 is 38.4 Å². The van der Waals surface area contributed by atoms with Crippen molar-refractivity contribution in [1.82, 2.24) is 9.29 Å². The Morgan fingerprint density at radius 2 is 1.93 bits per heavy atom. The Morgan fingerprint density at radius 3 is 2.55 bits per heavy atom. The van der Waals surface area contributed by atoms with Crippen LogP contribution in [-0.4, -0.2) is 49.3 Å². The largest absolute Gasteiger partial charge is 0.466 e. The summed E-state index contributed by atoms with van der Waals surface area (Å²) < 4.78 is 45.5. The summed E-state index contributed by atoms with van der Waals surface area (Å²) in [5.41, 5.74) is -0.0116. The molecule has 158 valence electrons. The van der Waals surface area contributed by atoms with Crippen LogP contribution >= 0.6 is 11.3 Å². The molecule has 11 heteroatoms. The molecule has 0 fully saturated rings. The fraction of sp³-hybridized carbons (Fsp3) is 0.389. The summed E-state index contributed by atoms with van der Waals surface area (Å²) >= 11 is 1.06. The van der Waals surface area contributed by atoms with E-state index in [9.17, 15) is 22.4 Å². The summed E-state index contributed by atoms with van der Waals surface area (Å²) in [7, 11) is -3.84.